The van der Waals surface area contributed by atoms with E-state index in [4.69, 9.17) is 34.9 Å². The zero-order valence-electron chi connectivity index (χ0n) is 73.5. The van der Waals surface area contributed by atoms with Crippen molar-refractivity contribution in [2.45, 2.75) is 220 Å². The van der Waals surface area contributed by atoms with E-state index in [0.29, 0.717) is 43.9 Å². The summed E-state index contributed by atoms with van der Waals surface area (Å²) < 4.78 is 21.4. The number of halogens is 1. The van der Waals surface area contributed by atoms with Crippen molar-refractivity contribution in [2.75, 3.05) is 45.6 Å². The molecule has 0 unspecified atom stereocenters. The van der Waals surface area contributed by atoms with Gasteiger partial charge in [0, 0.05) is 18.7 Å². The number of rotatable bonds is 21. The van der Waals surface area contributed by atoms with Gasteiger partial charge in [0.05, 0.1) is 13.2 Å². The molecule has 0 aromatic heterocycles. The number of allylic oxidation sites excluding steroid dienone is 11. The number of carbonyl (C=O) groups is 3. The zero-order chi connectivity index (χ0) is 86.1. The molecule has 0 radical (unpaired) electrons. The van der Waals surface area contributed by atoms with E-state index in [1.54, 1.807) is 56.2 Å². The number of hydrogen-bond acceptors (Lipinski definition) is 11. The maximum Gasteiger partial charge on any atom is 0.150 e. The van der Waals surface area contributed by atoms with Gasteiger partial charge in [0.1, 0.15) is 53.7 Å². The normalized spacial score (nSPS) is 16.5. The fourth-order valence-corrected chi connectivity index (χ4v) is 23.8. The second-order valence-electron chi connectivity index (χ2n) is 35.7. The molecule has 11 rings (SSSR count). The van der Waals surface area contributed by atoms with Crippen molar-refractivity contribution in [2.24, 2.45) is 27.4 Å². The van der Waals surface area contributed by atoms with Crippen LogP contribution in [0.15, 0.2) is 251 Å². The van der Waals surface area contributed by atoms with Gasteiger partial charge in [-0.2, -0.15) is 0 Å². The largest absolute Gasteiger partial charge is 0.508 e. The van der Waals surface area contributed by atoms with Gasteiger partial charge in [-0.3, -0.25) is 4.79 Å². The molecule has 15 heteroatoms. The number of nitrogens with one attached hydrogen (secondary N) is 2. The first kappa shape index (κ1) is 99.5. The molecule has 2 amide bonds. The molecule has 0 heterocycles. The molecule has 0 saturated carbocycles. The minimum Gasteiger partial charge on any atom is -0.508 e. The summed E-state index contributed by atoms with van der Waals surface area (Å²) in [5.41, 5.74) is 21.5. The molecule has 118 heavy (non-hydrogen) atoms. The Bertz CT molecular complexity index is 4450. The standard InChI is InChI=1S/C28H32BrP.C24H35NO3.C19H27NO.C17H22O.C7H15NO3.C7H6O2.CH4/c1-23-14-13-21-28(2,3)27(23)22-30(29,24-15-7-4-8-16-24,25-17-9-5-10-18-25)26-19-11-6-12-20-26;1-18-9-8-14-24(5,6)21(18)13-12-19-10-7-11-20(17-19)27-16-15-25-22(26)28-23(2,3)4;1-15-6-5-11-19(2,3)18(15)10-9-16-7-4-8-17(14-16)21-13-12-20;1-13-6-5-11-17(2,3)16(13)10-9-14-7-4-8-15(18)12-14;1-7(2,3)11-6(10)8-4-5-9;8-5-6-2-1-3-7(9)4-6;/h4-12,15-20H,13-14,21-22H2,1-3H3;7,10-13,17H,8-9,14-16H2,1-6H3,(H,25,26);4,7-10,14H,5-6,11-13,20H2,1-3H3;4,7-10,12,18H,5-6,11H2,1-3H3;9H,4-5H2,1-3H3,(H,8,10);1-5,9H;1H4/b;;10-9+;;;;. The van der Waals surface area contributed by atoms with Gasteiger partial charge in [-0.1, -0.05) is 151 Å². The topological polar surface area (TPSA) is 199 Å². The fourth-order valence-electron chi connectivity index (χ4n) is 15.8. The first-order valence-electron chi connectivity index (χ1n) is 41.7. The number of amides is 2. The van der Waals surface area contributed by atoms with E-state index >= 15 is 0 Å². The zero-order valence-corrected chi connectivity index (χ0v) is 76.0. The number of aldehydes is 1. The molecule has 640 valence electrons. The monoisotopic (exact) mass is 1690 g/mol. The van der Waals surface area contributed by atoms with Gasteiger partial charge in [0.15, 0.2) is 0 Å². The molecule has 7 N–H and O–H groups in total. The van der Waals surface area contributed by atoms with E-state index in [0.717, 1.165) is 28.8 Å². The van der Waals surface area contributed by atoms with E-state index in [-0.39, 0.29) is 48.0 Å². The Labute approximate surface area is 717 Å². The van der Waals surface area contributed by atoms with Crippen LogP contribution in [-0.2, 0) is 9.47 Å². The van der Waals surface area contributed by atoms with Crippen LogP contribution in [0.25, 0.3) is 18.2 Å². The Kier molecular flexibility index (Phi) is 39.2. The predicted octanol–water partition coefficient (Wildman–Crippen LogP) is 25.3. The Hall–Kier alpha value is -9.04. The summed E-state index contributed by atoms with van der Waals surface area (Å²) in [5, 5.41) is 33.0. The molecular formula is C103H141BrN3O10P. The van der Waals surface area contributed by atoms with Crippen molar-refractivity contribution in [3.63, 3.8) is 0 Å². The fraction of sp³-hybridized carbons (Fsp3) is 0.427. The average molecular weight is 1690 g/mol. The van der Waals surface area contributed by atoms with E-state index in [9.17, 15) is 19.5 Å². The second-order valence-corrected chi connectivity index (χ2v) is 44.6. The summed E-state index contributed by atoms with van der Waals surface area (Å²) in [7, 11) is 0. The molecule has 0 aliphatic heterocycles. The Balaban J connectivity index is 0.000000262. The first-order valence-corrected chi connectivity index (χ1v) is 46.1. The number of carbonyl (C=O) groups excluding carboxylic acids is 3. The third-order valence-corrected chi connectivity index (χ3v) is 31.2. The van der Waals surface area contributed by atoms with Gasteiger partial charge < -0.3 is 50.6 Å². The first-order chi connectivity index (χ1) is 55.2. The molecule has 4 aliphatic carbocycles. The van der Waals surface area contributed by atoms with Gasteiger partial charge in [0.25, 0.3) is 0 Å². The van der Waals surface area contributed by atoms with Crippen molar-refractivity contribution in [3.05, 3.63) is 273 Å². The average Bonchev–Trinajstić information content (AvgIpc) is 0.698. The summed E-state index contributed by atoms with van der Waals surface area (Å²) in [6.07, 6.45) is 29.1. The van der Waals surface area contributed by atoms with Crippen LogP contribution in [0.4, 0.5) is 9.59 Å². The third-order valence-electron chi connectivity index (χ3n) is 21.8. The van der Waals surface area contributed by atoms with Crippen LogP contribution in [-0.4, -0.2) is 90.6 Å². The number of aliphatic hydroxyl groups excluding tert-OH is 1. The van der Waals surface area contributed by atoms with Crippen LogP contribution in [0.2, 0.25) is 0 Å². The minimum absolute atomic E-state index is 0. The van der Waals surface area contributed by atoms with Gasteiger partial charge in [-0.05, 0) is 218 Å². The Morgan fingerprint density at radius 1 is 0.449 bits per heavy atom. The van der Waals surface area contributed by atoms with Crippen molar-refractivity contribution in [3.8, 4) is 23.0 Å². The number of alkyl carbamates (subject to hydrolysis) is 2. The van der Waals surface area contributed by atoms with E-state index in [2.05, 4.69) is 255 Å². The smallest absolute Gasteiger partial charge is 0.150 e. The van der Waals surface area contributed by atoms with Gasteiger partial charge in [-0.15, -0.1) is 0 Å². The Morgan fingerprint density at radius 3 is 1.11 bits per heavy atom. The van der Waals surface area contributed by atoms with Crippen LogP contribution < -0.4 is 41.8 Å². The van der Waals surface area contributed by atoms with E-state index < -0.39 is 28.7 Å². The summed E-state index contributed by atoms with van der Waals surface area (Å²) in [6, 6.07) is 63.3. The number of hydrogen-bond donors (Lipinski definition) is 6. The molecule has 13 nitrogen and oxygen atoms in total. The second kappa shape index (κ2) is 46.5. The number of benzene rings is 7. The van der Waals surface area contributed by atoms with Gasteiger partial charge in [-0.25, -0.2) is 9.59 Å². The van der Waals surface area contributed by atoms with Crippen LogP contribution in [0, 0.1) is 21.7 Å². The SMILES string of the molecule is C.CC(C)(C)OC(=O)NCCO.CC1=C(/C=C/c2cccc(OCCN)c2)C(C)(C)CCC1.CC1=C(C=Cc2cccc(O)c2)C(C)(C)CCC1.CC1=C(C=Cc2cccc(OCCNC(=O)OC(C)(C)C)c2)C(C)(C)CCC1.CC1=C(CP(Br)(c2ccccc2)(c2ccccc2)c2ccccc2)C(C)(C)CCC1.O=Cc1cccc(O)c1. The van der Waals surface area contributed by atoms with E-state index in [1.165, 1.54) is 144 Å². The van der Waals surface area contributed by atoms with Crippen molar-refractivity contribution in [1.29, 1.82) is 0 Å². The summed E-state index contributed by atoms with van der Waals surface area (Å²) in [6.45, 7) is 40.9. The number of nitrogens with two attached hydrogens (primary N) is 1. The van der Waals surface area contributed by atoms with Crippen LogP contribution in [0.1, 0.15) is 236 Å². The molecule has 0 saturated heterocycles. The molecule has 0 spiro atoms. The molecule has 4 aliphatic rings. The maximum absolute atomic E-state index is 11.6. The maximum atomic E-state index is 11.6. The van der Waals surface area contributed by atoms with Gasteiger partial charge in [0.2, 0.25) is 0 Å². The third kappa shape index (κ3) is 31.6. The molecular weight excluding hydrogens is 1550 g/mol. The van der Waals surface area contributed by atoms with Crippen molar-refractivity contribution >= 4 is 73.4 Å². The molecule has 0 atom stereocenters. The summed E-state index contributed by atoms with van der Waals surface area (Å²) in [5.74, 6) is 2.13. The van der Waals surface area contributed by atoms with Crippen LogP contribution in [0.3, 0.4) is 0 Å². The summed E-state index contributed by atoms with van der Waals surface area (Å²) >= 11 is 4.63. The number of phenolic OH excluding ortho intramolecular Hbond substituents is 2. The predicted molar refractivity (Wildman–Crippen MR) is 504 cm³/mol. The quantitative estimate of drug-likeness (QED) is 0.0173. The van der Waals surface area contributed by atoms with Gasteiger partial charge >= 0.3 is 203 Å². The molecule has 0 bridgehead atoms. The summed E-state index contributed by atoms with van der Waals surface area (Å²) in [4.78, 5) is 32.5. The molecule has 7 aromatic rings. The van der Waals surface area contributed by atoms with E-state index in [1.807, 2.05) is 63.2 Å². The number of aliphatic hydroxyl groups is 1. The Morgan fingerprint density at radius 2 is 0.780 bits per heavy atom. The number of phenols is 2. The molecule has 0 fully saturated rings. The molecule has 7 aromatic carbocycles. The van der Waals surface area contributed by atoms with Crippen molar-refractivity contribution in [1.82, 2.24) is 10.6 Å². The van der Waals surface area contributed by atoms with Crippen LogP contribution >= 0.6 is 20.8 Å². The van der Waals surface area contributed by atoms with Crippen LogP contribution in [0.5, 0.6) is 23.0 Å². The van der Waals surface area contributed by atoms with Crippen molar-refractivity contribution < 1.29 is 48.7 Å². The number of ether oxygens (including phenoxy) is 4. The minimum atomic E-state index is -2.91. The number of aromatic hydroxyl groups is 2.